The summed E-state index contributed by atoms with van der Waals surface area (Å²) in [5.74, 6) is -0.142. The molecule has 17 heavy (non-hydrogen) atoms. The van der Waals surface area contributed by atoms with E-state index in [0.717, 1.165) is 0 Å². The van der Waals surface area contributed by atoms with Crippen LogP contribution in [0.1, 0.15) is 27.7 Å². The van der Waals surface area contributed by atoms with Gasteiger partial charge in [0, 0.05) is 12.3 Å². The van der Waals surface area contributed by atoms with E-state index in [9.17, 15) is 9.18 Å². The zero-order valence-electron chi connectivity index (χ0n) is 10.6. The summed E-state index contributed by atoms with van der Waals surface area (Å²) in [7, 11) is 0. The van der Waals surface area contributed by atoms with Crippen LogP contribution in [0.2, 0.25) is 0 Å². The Kier molecular flexibility index (Phi) is 4.19. The molecular formula is C11H20FN3OS. The van der Waals surface area contributed by atoms with E-state index >= 15 is 0 Å². The smallest absolute Gasteiger partial charge is 0.244 e. The van der Waals surface area contributed by atoms with Crippen molar-refractivity contribution in [3.8, 4) is 0 Å². The molecule has 98 valence electrons. The molecule has 0 aliphatic carbocycles. The van der Waals surface area contributed by atoms with Gasteiger partial charge in [0.25, 0.3) is 0 Å². The zero-order valence-corrected chi connectivity index (χ0v) is 11.5. The fourth-order valence-corrected chi connectivity index (χ4v) is 3.09. The maximum atomic E-state index is 12.8. The SMILES string of the molecule is CC(CF)N1C(=O)C(C)(C)N(C(C)C=N)C1S. The number of alkyl halides is 1. The summed E-state index contributed by atoms with van der Waals surface area (Å²) in [5, 5.41) is 7.32. The van der Waals surface area contributed by atoms with Crippen LogP contribution in [0.5, 0.6) is 0 Å². The van der Waals surface area contributed by atoms with E-state index in [1.807, 2.05) is 11.8 Å². The molecule has 1 fully saturated rings. The summed E-state index contributed by atoms with van der Waals surface area (Å²) < 4.78 is 12.8. The van der Waals surface area contributed by atoms with Gasteiger partial charge in [-0.05, 0) is 27.7 Å². The number of nitrogens with zero attached hydrogens (tertiary/aromatic N) is 2. The van der Waals surface area contributed by atoms with Gasteiger partial charge in [-0.1, -0.05) is 0 Å². The van der Waals surface area contributed by atoms with E-state index in [1.165, 1.54) is 11.1 Å². The molecule has 1 heterocycles. The van der Waals surface area contributed by atoms with E-state index in [2.05, 4.69) is 12.6 Å². The van der Waals surface area contributed by atoms with Crippen molar-refractivity contribution in [2.75, 3.05) is 6.67 Å². The van der Waals surface area contributed by atoms with E-state index in [4.69, 9.17) is 5.41 Å². The van der Waals surface area contributed by atoms with Crippen molar-refractivity contribution in [1.29, 1.82) is 5.41 Å². The van der Waals surface area contributed by atoms with Gasteiger partial charge in [-0.25, -0.2) is 4.39 Å². The van der Waals surface area contributed by atoms with Crippen molar-refractivity contribution < 1.29 is 9.18 Å². The standard InChI is InChI=1S/C11H20FN3OS/c1-7(5-12)14-9(16)11(3,4)15(10(14)17)8(2)6-13/h6-8,10,13,17H,5H2,1-4H3. The van der Waals surface area contributed by atoms with E-state index < -0.39 is 23.8 Å². The summed E-state index contributed by atoms with van der Waals surface area (Å²) >= 11 is 4.40. The third-order valence-corrected chi connectivity index (χ3v) is 3.78. The highest BCUT2D eigenvalue weighted by Gasteiger charge is 2.53. The second kappa shape index (κ2) is 4.94. The van der Waals surface area contributed by atoms with Crippen molar-refractivity contribution in [2.24, 2.45) is 0 Å². The first kappa shape index (κ1) is 14.4. The number of thiol groups is 1. The van der Waals surface area contributed by atoms with Gasteiger partial charge in [0.2, 0.25) is 5.91 Å². The number of halogens is 1. The monoisotopic (exact) mass is 261 g/mol. The minimum atomic E-state index is -0.757. The lowest BCUT2D eigenvalue weighted by Crippen LogP contribution is -2.50. The van der Waals surface area contributed by atoms with Gasteiger partial charge in [-0.2, -0.15) is 0 Å². The highest BCUT2D eigenvalue weighted by molar-refractivity contribution is 7.80. The number of rotatable bonds is 4. The highest BCUT2D eigenvalue weighted by atomic mass is 32.1. The largest absolute Gasteiger partial charge is 0.311 e. The Balaban J connectivity index is 3.10. The molecule has 0 aromatic heterocycles. The molecule has 1 amide bonds. The fraction of sp³-hybridized carbons (Fsp3) is 0.818. The third-order valence-electron chi connectivity index (χ3n) is 3.28. The van der Waals surface area contributed by atoms with Crippen molar-refractivity contribution in [3.05, 3.63) is 0 Å². The molecule has 3 atom stereocenters. The molecule has 1 N–H and O–H groups in total. The minimum Gasteiger partial charge on any atom is -0.311 e. The molecule has 1 rings (SSSR count). The van der Waals surface area contributed by atoms with E-state index in [-0.39, 0.29) is 11.9 Å². The average Bonchev–Trinajstić information content (AvgIpc) is 2.44. The fourth-order valence-electron chi connectivity index (χ4n) is 2.26. The number of hydrogen-bond acceptors (Lipinski definition) is 4. The predicted octanol–water partition coefficient (Wildman–Crippen LogP) is 1.52. The summed E-state index contributed by atoms with van der Waals surface area (Å²) in [6, 6.07) is -0.708. The van der Waals surface area contributed by atoms with Crippen LogP contribution >= 0.6 is 12.6 Å². The maximum Gasteiger partial charge on any atom is 0.244 e. The number of nitrogens with one attached hydrogen (secondary N) is 1. The molecule has 1 aliphatic rings. The van der Waals surface area contributed by atoms with Crippen LogP contribution in [0.15, 0.2) is 0 Å². The van der Waals surface area contributed by atoms with Crippen LogP contribution in [0.4, 0.5) is 4.39 Å². The van der Waals surface area contributed by atoms with E-state index in [1.54, 1.807) is 20.8 Å². The topological polar surface area (TPSA) is 47.4 Å². The Labute approximate surface area is 107 Å². The predicted molar refractivity (Wildman–Crippen MR) is 69.2 cm³/mol. The van der Waals surface area contributed by atoms with Crippen LogP contribution in [-0.2, 0) is 4.79 Å². The minimum absolute atomic E-state index is 0.142. The molecule has 0 spiro atoms. The zero-order chi connectivity index (χ0) is 13.4. The van der Waals surface area contributed by atoms with Gasteiger partial charge in [0.1, 0.15) is 12.2 Å². The lowest BCUT2D eigenvalue weighted by atomic mass is 10.0. The molecular weight excluding hydrogens is 241 g/mol. The van der Waals surface area contributed by atoms with Crippen molar-refractivity contribution in [2.45, 2.75) is 50.8 Å². The molecule has 3 unspecified atom stereocenters. The Hall–Kier alpha value is -0.620. The van der Waals surface area contributed by atoms with Gasteiger partial charge in [-0.15, -0.1) is 12.6 Å². The van der Waals surface area contributed by atoms with Crippen LogP contribution in [0.3, 0.4) is 0 Å². The molecule has 1 saturated heterocycles. The van der Waals surface area contributed by atoms with Gasteiger partial charge in [0.05, 0.1) is 11.6 Å². The summed E-state index contributed by atoms with van der Waals surface area (Å²) in [6.45, 7) is 6.46. The Morgan fingerprint density at radius 1 is 1.59 bits per heavy atom. The summed E-state index contributed by atoms with van der Waals surface area (Å²) in [6.07, 6.45) is 1.27. The molecule has 0 aromatic carbocycles. The summed E-state index contributed by atoms with van der Waals surface area (Å²) in [5.41, 5.74) is -1.24. The number of carbonyl (C=O) groups is 1. The lowest BCUT2D eigenvalue weighted by molar-refractivity contribution is -0.134. The third kappa shape index (κ3) is 2.20. The van der Waals surface area contributed by atoms with E-state index in [0.29, 0.717) is 0 Å². The highest BCUT2D eigenvalue weighted by Crippen LogP contribution is 2.35. The maximum absolute atomic E-state index is 12.8. The number of amides is 1. The molecule has 1 aliphatic heterocycles. The van der Waals surface area contributed by atoms with Gasteiger partial charge in [-0.3, -0.25) is 9.69 Å². The molecule has 0 bridgehead atoms. The quantitative estimate of drug-likeness (QED) is 0.595. The molecule has 0 aromatic rings. The van der Waals surface area contributed by atoms with Gasteiger partial charge >= 0.3 is 0 Å². The normalized spacial score (nSPS) is 28.2. The Bertz CT molecular complexity index is 324. The Morgan fingerprint density at radius 2 is 2.12 bits per heavy atom. The number of carbonyl (C=O) groups excluding carboxylic acids is 1. The summed E-state index contributed by atoms with van der Waals surface area (Å²) in [4.78, 5) is 15.5. The average molecular weight is 261 g/mol. The Morgan fingerprint density at radius 3 is 2.53 bits per heavy atom. The van der Waals surface area contributed by atoms with Crippen LogP contribution in [0.25, 0.3) is 0 Å². The van der Waals surface area contributed by atoms with Crippen molar-refractivity contribution in [1.82, 2.24) is 9.80 Å². The second-order valence-corrected chi connectivity index (χ2v) is 5.40. The van der Waals surface area contributed by atoms with Gasteiger partial charge in [0.15, 0.2) is 0 Å². The first-order valence-electron chi connectivity index (χ1n) is 5.64. The first-order valence-corrected chi connectivity index (χ1v) is 6.16. The first-order chi connectivity index (χ1) is 7.78. The van der Waals surface area contributed by atoms with Gasteiger partial charge < -0.3 is 10.3 Å². The molecule has 0 saturated carbocycles. The van der Waals surface area contributed by atoms with Crippen molar-refractivity contribution >= 4 is 24.8 Å². The molecule has 4 nitrogen and oxygen atoms in total. The van der Waals surface area contributed by atoms with Crippen LogP contribution in [0, 0.1) is 5.41 Å². The van der Waals surface area contributed by atoms with Crippen LogP contribution in [-0.4, -0.2) is 51.7 Å². The second-order valence-electron chi connectivity index (χ2n) is 4.94. The van der Waals surface area contributed by atoms with Crippen LogP contribution < -0.4 is 0 Å². The molecule has 0 radical (unpaired) electrons. The van der Waals surface area contributed by atoms with Crippen molar-refractivity contribution in [3.63, 3.8) is 0 Å². The molecule has 6 heteroatoms. The number of hydrogen-bond donors (Lipinski definition) is 2. The lowest BCUT2D eigenvalue weighted by Gasteiger charge is -2.34.